The summed E-state index contributed by atoms with van der Waals surface area (Å²) in [4.78, 5) is 12.7. The van der Waals surface area contributed by atoms with E-state index in [0.29, 0.717) is 23.1 Å². The van der Waals surface area contributed by atoms with Crippen molar-refractivity contribution in [2.75, 3.05) is 6.61 Å². The Bertz CT molecular complexity index is 1110. The number of hydrogen-bond donors (Lipinski definition) is 0. The molecule has 0 spiro atoms. The molecule has 0 saturated carbocycles. The Balaban J connectivity index is 2.20. The van der Waals surface area contributed by atoms with Gasteiger partial charge in [-0.25, -0.2) is 9.18 Å². The molecule has 0 bridgehead atoms. The van der Waals surface area contributed by atoms with E-state index in [-0.39, 0.29) is 23.6 Å². The second-order valence-electron chi connectivity index (χ2n) is 7.54. The van der Waals surface area contributed by atoms with Gasteiger partial charge in [0.25, 0.3) is 0 Å². The molecule has 0 radical (unpaired) electrons. The number of nitriles is 1. The zero-order valence-corrected chi connectivity index (χ0v) is 18.5. The molecule has 3 aromatic rings. The molecule has 0 fully saturated rings. The maximum atomic E-state index is 14.8. The fraction of sp³-hybridized carbons (Fsp3) is 0.280. The van der Waals surface area contributed by atoms with Crippen LogP contribution in [0.3, 0.4) is 0 Å². The maximum Gasteiger partial charge on any atom is 0.339 e. The Morgan fingerprint density at radius 2 is 1.90 bits per heavy atom. The highest BCUT2D eigenvalue weighted by atomic mass is 35.5. The molecule has 6 heteroatoms. The summed E-state index contributed by atoms with van der Waals surface area (Å²) in [5, 5.41) is 9.22. The third kappa shape index (κ3) is 4.81. The largest absolute Gasteiger partial charge is 0.462 e. The van der Waals surface area contributed by atoms with Crippen molar-refractivity contribution in [1.29, 1.82) is 5.26 Å². The second kappa shape index (κ2) is 9.80. The molecule has 0 saturated heterocycles. The maximum absolute atomic E-state index is 14.8. The number of aromatic nitrogens is 1. The molecule has 4 nitrogen and oxygen atoms in total. The van der Waals surface area contributed by atoms with Crippen molar-refractivity contribution >= 4 is 17.6 Å². The van der Waals surface area contributed by atoms with E-state index in [1.165, 1.54) is 6.07 Å². The summed E-state index contributed by atoms with van der Waals surface area (Å²) in [7, 11) is 0. The SMILES string of the molecule is CCOC(=O)c1ccn(C(C)C)c1C(Cc1cccc(Cl)c1F)c1ccc(C#N)cc1. The van der Waals surface area contributed by atoms with Gasteiger partial charge in [0.15, 0.2) is 0 Å². The number of ether oxygens (including phenoxy) is 1. The summed E-state index contributed by atoms with van der Waals surface area (Å²) >= 11 is 6.02. The number of hydrogen-bond acceptors (Lipinski definition) is 3. The number of halogens is 2. The summed E-state index contributed by atoms with van der Waals surface area (Å²) < 4.78 is 22.1. The molecule has 0 aliphatic carbocycles. The number of benzene rings is 2. The van der Waals surface area contributed by atoms with E-state index in [0.717, 1.165) is 11.3 Å². The first-order valence-electron chi connectivity index (χ1n) is 10.2. The quantitative estimate of drug-likeness (QED) is 0.407. The van der Waals surface area contributed by atoms with Crippen LogP contribution in [0.1, 0.15) is 65.5 Å². The monoisotopic (exact) mass is 438 g/mol. The summed E-state index contributed by atoms with van der Waals surface area (Å²) in [5.74, 6) is -1.23. The lowest BCUT2D eigenvalue weighted by Crippen LogP contribution is -2.18. The zero-order chi connectivity index (χ0) is 22.5. The van der Waals surface area contributed by atoms with E-state index < -0.39 is 11.8 Å². The van der Waals surface area contributed by atoms with Crippen molar-refractivity contribution in [3.8, 4) is 6.07 Å². The average Bonchev–Trinajstić information content (AvgIpc) is 3.20. The minimum Gasteiger partial charge on any atom is -0.462 e. The number of carbonyl (C=O) groups excluding carboxylic acids is 1. The number of nitrogens with zero attached hydrogens (tertiary/aromatic N) is 2. The first-order chi connectivity index (χ1) is 14.9. The molecule has 0 N–H and O–H groups in total. The van der Waals surface area contributed by atoms with Crippen molar-refractivity contribution in [3.63, 3.8) is 0 Å². The number of carbonyl (C=O) groups is 1. The van der Waals surface area contributed by atoms with Crippen LogP contribution in [0.4, 0.5) is 4.39 Å². The second-order valence-corrected chi connectivity index (χ2v) is 7.95. The van der Waals surface area contributed by atoms with E-state index in [1.807, 2.05) is 36.7 Å². The van der Waals surface area contributed by atoms with Crippen LogP contribution in [0, 0.1) is 17.1 Å². The molecule has 2 aromatic carbocycles. The molecule has 1 atom stereocenters. The summed E-state index contributed by atoms with van der Waals surface area (Å²) in [6.07, 6.45) is 2.15. The van der Waals surface area contributed by atoms with Crippen LogP contribution >= 0.6 is 11.6 Å². The highest BCUT2D eigenvalue weighted by molar-refractivity contribution is 6.30. The van der Waals surface area contributed by atoms with Gasteiger partial charge in [-0.15, -0.1) is 0 Å². The highest BCUT2D eigenvalue weighted by Crippen LogP contribution is 2.35. The fourth-order valence-corrected chi connectivity index (χ4v) is 3.94. The van der Waals surface area contributed by atoms with Gasteiger partial charge in [-0.1, -0.05) is 35.9 Å². The standard InChI is InChI=1S/C25H24ClFN2O2/c1-4-31-25(30)20-12-13-29(16(2)3)24(20)21(18-10-8-17(15-28)9-11-18)14-19-6-5-7-22(26)23(19)27/h5-13,16,21H,4,14H2,1-3H3. The van der Waals surface area contributed by atoms with Crippen molar-refractivity contribution in [2.24, 2.45) is 0 Å². The van der Waals surface area contributed by atoms with Crippen molar-refractivity contribution < 1.29 is 13.9 Å². The highest BCUT2D eigenvalue weighted by Gasteiger charge is 2.28. The molecule has 0 aliphatic heterocycles. The lowest BCUT2D eigenvalue weighted by molar-refractivity contribution is 0.0524. The van der Waals surface area contributed by atoms with Crippen LogP contribution in [0.2, 0.25) is 5.02 Å². The number of rotatable bonds is 7. The Morgan fingerprint density at radius 1 is 1.19 bits per heavy atom. The molecule has 1 unspecified atom stereocenters. The average molecular weight is 439 g/mol. The Kier molecular flexibility index (Phi) is 7.14. The van der Waals surface area contributed by atoms with Crippen LogP contribution in [-0.4, -0.2) is 17.1 Å². The third-order valence-electron chi connectivity index (χ3n) is 5.24. The van der Waals surface area contributed by atoms with Crippen LogP contribution in [-0.2, 0) is 11.2 Å². The van der Waals surface area contributed by atoms with Crippen LogP contribution in [0.25, 0.3) is 0 Å². The Labute approximate surface area is 186 Å². The summed E-state index contributed by atoms with van der Waals surface area (Å²) in [6.45, 7) is 6.06. The van der Waals surface area contributed by atoms with Crippen molar-refractivity contribution in [3.05, 3.63) is 93.5 Å². The van der Waals surface area contributed by atoms with Gasteiger partial charge in [-0.05, 0) is 62.6 Å². The summed E-state index contributed by atoms with van der Waals surface area (Å²) in [5.41, 5.74) is 3.05. The predicted molar refractivity (Wildman–Crippen MR) is 119 cm³/mol. The Morgan fingerprint density at radius 3 is 2.52 bits per heavy atom. The van der Waals surface area contributed by atoms with Gasteiger partial charge < -0.3 is 9.30 Å². The van der Waals surface area contributed by atoms with Gasteiger partial charge in [0.05, 0.1) is 28.8 Å². The number of esters is 1. The first-order valence-corrected chi connectivity index (χ1v) is 10.6. The van der Waals surface area contributed by atoms with Crippen LogP contribution in [0.5, 0.6) is 0 Å². The van der Waals surface area contributed by atoms with Crippen molar-refractivity contribution in [2.45, 2.75) is 39.2 Å². The van der Waals surface area contributed by atoms with Gasteiger partial charge in [0, 0.05) is 23.9 Å². The van der Waals surface area contributed by atoms with Gasteiger partial charge in [-0.3, -0.25) is 0 Å². The predicted octanol–water partition coefficient (Wildman–Crippen LogP) is 6.28. The van der Waals surface area contributed by atoms with E-state index in [2.05, 4.69) is 6.07 Å². The lowest BCUT2D eigenvalue weighted by atomic mass is 9.86. The molecular weight excluding hydrogens is 415 g/mol. The van der Waals surface area contributed by atoms with E-state index in [1.54, 1.807) is 37.3 Å². The smallest absolute Gasteiger partial charge is 0.339 e. The molecule has 0 aliphatic rings. The molecule has 31 heavy (non-hydrogen) atoms. The Hall–Kier alpha value is -3.10. The molecule has 0 amide bonds. The molecule has 1 aromatic heterocycles. The van der Waals surface area contributed by atoms with Crippen LogP contribution in [0.15, 0.2) is 54.7 Å². The van der Waals surface area contributed by atoms with Gasteiger partial charge in [-0.2, -0.15) is 5.26 Å². The topological polar surface area (TPSA) is 55.0 Å². The third-order valence-corrected chi connectivity index (χ3v) is 5.53. The van der Waals surface area contributed by atoms with Crippen molar-refractivity contribution in [1.82, 2.24) is 4.57 Å². The normalized spacial score (nSPS) is 11.9. The first kappa shape index (κ1) is 22.6. The lowest BCUT2D eigenvalue weighted by Gasteiger charge is -2.24. The fourth-order valence-electron chi connectivity index (χ4n) is 3.75. The van der Waals surface area contributed by atoms with E-state index in [9.17, 15) is 9.18 Å². The summed E-state index contributed by atoms with van der Waals surface area (Å²) in [6, 6.07) is 16.0. The molecule has 160 valence electrons. The molecular formula is C25H24ClFN2O2. The molecule has 3 rings (SSSR count). The van der Waals surface area contributed by atoms with Gasteiger partial charge in [0.1, 0.15) is 5.82 Å². The zero-order valence-electron chi connectivity index (χ0n) is 17.7. The molecule has 1 heterocycles. The van der Waals surface area contributed by atoms with E-state index >= 15 is 0 Å². The van der Waals surface area contributed by atoms with Gasteiger partial charge in [0.2, 0.25) is 0 Å². The van der Waals surface area contributed by atoms with E-state index in [4.69, 9.17) is 21.6 Å². The minimum atomic E-state index is -0.469. The van der Waals surface area contributed by atoms with Gasteiger partial charge >= 0.3 is 5.97 Å². The van der Waals surface area contributed by atoms with Crippen LogP contribution < -0.4 is 0 Å². The minimum absolute atomic E-state index is 0.0564.